The second kappa shape index (κ2) is 5.01. The summed E-state index contributed by atoms with van der Waals surface area (Å²) in [5.74, 6) is 1.65. The van der Waals surface area contributed by atoms with Crippen LogP contribution in [0.15, 0.2) is 37.1 Å². The normalized spacial score (nSPS) is 14.3. The summed E-state index contributed by atoms with van der Waals surface area (Å²) < 4.78 is 2.00. The fourth-order valence-corrected chi connectivity index (χ4v) is 2.15. The standard InChI is InChI=1S/C14H15N7/c1-2-10(1)20-14-16-6-4-13-19-11(8-21(13)14)7-17-12-3-5-15-9-18-12/h3-6,8-10H,1-2,7H2,(H,16,20)(H,15,17,18). The van der Waals surface area contributed by atoms with E-state index in [0.717, 1.165) is 23.1 Å². The van der Waals surface area contributed by atoms with Crippen molar-refractivity contribution in [2.24, 2.45) is 0 Å². The predicted molar refractivity (Wildman–Crippen MR) is 79.0 cm³/mol. The average molecular weight is 281 g/mol. The first kappa shape index (κ1) is 12.1. The van der Waals surface area contributed by atoms with Gasteiger partial charge in [0.25, 0.3) is 0 Å². The second-order valence-electron chi connectivity index (χ2n) is 5.10. The van der Waals surface area contributed by atoms with Crippen molar-refractivity contribution in [3.63, 3.8) is 0 Å². The molecule has 106 valence electrons. The van der Waals surface area contributed by atoms with Crippen molar-refractivity contribution in [1.29, 1.82) is 0 Å². The fourth-order valence-electron chi connectivity index (χ4n) is 2.15. The molecule has 0 aliphatic heterocycles. The van der Waals surface area contributed by atoms with E-state index in [2.05, 4.69) is 30.6 Å². The molecule has 0 aromatic carbocycles. The average Bonchev–Trinajstić information content (AvgIpc) is 3.23. The van der Waals surface area contributed by atoms with Crippen LogP contribution in [-0.4, -0.2) is 30.4 Å². The Balaban J connectivity index is 1.55. The zero-order valence-electron chi connectivity index (χ0n) is 11.4. The molecule has 7 heteroatoms. The number of nitrogens with one attached hydrogen (secondary N) is 2. The summed E-state index contributed by atoms with van der Waals surface area (Å²) >= 11 is 0. The first-order valence-corrected chi connectivity index (χ1v) is 6.98. The molecule has 1 aliphatic carbocycles. The minimum Gasteiger partial charge on any atom is -0.364 e. The van der Waals surface area contributed by atoms with Gasteiger partial charge in [-0.2, -0.15) is 0 Å². The molecule has 0 spiro atoms. The van der Waals surface area contributed by atoms with Gasteiger partial charge in [0.15, 0.2) is 0 Å². The smallest absolute Gasteiger partial charge is 0.208 e. The zero-order valence-corrected chi connectivity index (χ0v) is 11.4. The van der Waals surface area contributed by atoms with E-state index in [0.29, 0.717) is 12.6 Å². The van der Waals surface area contributed by atoms with Crippen LogP contribution in [0.3, 0.4) is 0 Å². The Kier molecular flexibility index (Phi) is 2.88. The molecular weight excluding hydrogens is 266 g/mol. The highest BCUT2D eigenvalue weighted by Crippen LogP contribution is 2.24. The van der Waals surface area contributed by atoms with E-state index in [1.807, 2.05) is 22.7 Å². The SMILES string of the molecule is c1cc(NCc2cn3c(NC4CC4)nccc3n2)ncn1. The first-order valence-electron chi connectivity index (χ1n) is 6.98. The molecule has 0 radical (unpaired) electrons. The van der Waals surface area contributed by atoms with E-state index in [1.54, 1.807) is 12.4 Å². The van der Waals surface area contributed by atoms with E-state index in [4.69, 9.17) is 0 Å². The lowest BCUT2D eigenvalue weighted by Gasteiger charge is -2.05. The van der Waals surface area contributed by atoms with Crippen molar-refractivity contribution in [1.82, 2.24) is 24.3 Å². The minimum atomic E-state index is 0.563. The molecule has 3 aromatic heterocycles. The van der Waals surface area contributed by atoms with Gasteiger partial charge in [-0.05, 0) is 25.0 Å². The van der Waals surface area contributed by atoms with Crippen LogP contribution in [0.5, 0.6) is 0 Å². The van der Waals surface area contributed by atoms with Crippen molar-refractivity contribution in [3.05, 3.63) is 42.7 Å². The fraction of sp³-hybridized carbons (Fsp3) is 0.286. The lowest BCUT2D eigenvalue weighted by Crippen LogP contribution is -2.07. The van der Waals surface area contributed by atoms with Gasteiger partial charge in [0, 0.05) is 24.6 Å². The van der Waals surface area contributed by atoms with Gasteiger partial charge in [-0.1, -0.05) is 0 Å². The van der Waals surface area contributed by atoms with Gasteiger partial charge in [-0.3, -0.25) is 4.40 Å². The quantitative estimate of drug-likeness (QED) is 0.741. The van der Waals surface area contributed by atoms with E-state index >= 15 is 0 Å². The summed E-state index contributed by atoms with van der Waals surface area (Å²) in [5.41, 5.74) is 1.84. The molecule has 0 saturated heterocycles. The summed E-state index contributed by atoms with van der Waals surface area (Å²) in [7, 11) is 0. The van der Waals surface area contributed by atoms with Crippen LogP contribution in [0, 0.1) is 0 Å². The summed E-state index contributed by atoms with van der Waals surface area (Å²) in [6, 6.07) is 4.30. The third-order valence-corrected chi connectivity index (χ3v) is 3.37. The largest absolute Gasteiger partial charge is 0.364 e. The first-order chi connectivity index (χ1) is 10.4. The molecule has 0 atom stereocenters. The van der Waals surface area contributed by atoms with Gasteiger partial charge in [0.05, 0.1) is 12.2 Å². The highest BCUT2D eigenvalue weighted by atomic mass is 15.2. The summed E-state index contributed by atoms with van der Waals surface area (Å²) in [4.78, 5) is 17.0. The molecule has 1 fully saturated rings. The van der Waals surface area contributed by atoms with Gasteiger partial charge in [-0.15, -0.1) is 0 Å². The molecular formula is C14H15N7. The molecule has 21 heavy (non-hydrogen) atoms. The molecule has 0 unspecified atom stereocenters. The molecule has 0 bridgehead atoms. The van der Waals surface area contributed by atoms with Crippen LogP contribution in [0.1, 0.15) is 18.5 Å². The van der Waals surface area contributed by atoms with Crippen LogP contribution >= 0.6 is 0 Å². The minimum absolute atomic E-state index is 0.563. The van der Waals surface area contributed by atoms with Crippen molar-refractivity contribution in [3.8, 4) is 0 Å². The second-order valence-corrected chi connectivity index (χ2v) is 5.10. The molecule has 7 nitrogen and oxygen atoms in total. The maximum Gasteiger partial charge on any atom is 0.208 e. The molecule has 3 aromatic rings. The van der Waals surface area contributed by atoms with Crippen molar-refractivity contribution >= 4 is 17.4 Å². The van der Waals surface area contributed by atoms with Crippen LogP contribution in [0.2, 0.25) is 0 Å². The van der Waals surface area contributed by atoms with Crippen molar-refractivity contribution in [2.45, 2.75) is 25.4 Å². The monoisotopic (exact) mass is 281 g/mol. The Bertz CT molecular complexity index is 748. The molecule has 1 saturated carbocycles. The van der Waals surface area contributed by atoms with Gasteiger partial charge < -0.3 is 10.6 Å². The Morgan fingerprint density at radius 3 is 2.95 bits per heavy atom. The van der Waals surface area contributed by atoms with Gasteiger partial charge >= 0.3 is 0 Å². The highest BCUT2D eigenvalue weighted by molar-refractivity contribution is 5.47. The van der Waals surface area contributed by atoms with Gasteiger partial charge in [-0.25, -0.2) is 19.9 Å². The molecule has 4 rings (SSSR count). The summed E-state index contributed by atoms with van der Waals surface area (Å²) in [6.45, 7) is 0.613. The molecule has 3 heterocycles. The number of fused-ring (bicyclic) bond motifs is 1. The summed E-state index contributed by atoms with van der Waals surface area (Å²) in [5, 5.41) is 6.64. The molecule has 0 amide bonds. The van der Waals surface area contributed by atoms with Crippen LogP contribution in [0.4, 0.5) is 11.8 Å². The molecule has 2 N–H and O–H groups in total. The Morgan fingerprint density at radius 1 is 1.19 bits per heavy atom. The predicted octanol–water partition coefficient (Wildman–Crippen LogP) is 1.71. The Morgan fingerprint density at radius 2 is 2.14 bits per heavy atom. The lowest BCUT2D eigenvalue weighted by molar-refractivity contribution is 1.01. The Hall–Kier alpha value is -2.70. The lowest BCUT2D eigenvalue weighted by atomic mass is 10.4. The third kappa shape index (κ3) is 2.62. The van der Waals surface area contributed by atoms with Crippen molar-refractivity contribution < 1.29 is 0 Å². The van der Waals surface area contributed by atoms with E-state index in [-0.39, 0.29) is 0 Å². The van der Waals surface area contributed by atoms with E-state index in [1.165, 1.54) is 19.2 Å². The topological polar surface area (TPSA) is 80.0 Å². The number of nitrogens with zero attached hydrogens (tertiary/aromatic N) is 5. The maximum absolute atomic E-state index is 4.59. The van der Waals surface area contributed by atoms with Gasteiger partial charge in [0.1, 0.15) is 17.8 Å². The van der Waals surface area contributed by atoms with Crippen LogP contribution < -0.4 is 10.6 Å². The van der Waals surface area contributed by atoms with Crippen LogP contribution in [-0.2, 0) is 6.54 Å². The van der Waals surface area contributed by atoms with Gasteiger partial charge in [0.2, 0.25) is 5.95 Å². The third-order valence-electron chi connectivity index (χ3n) is 3.37. The summed E-state index contributed by atoms with van der Waals surface area (Å²) in [6.07, 6.45) is 9.45. The van der Waals surface area contributed by atoms with E-state index < -0.39 is 0 Å². The number of hydrogen-bond donors (Lipinski definition) is 2. The van der Waals surface area contributed by atoms with Crippen molar-refractivity contribution in [2.75, 3.05) is 10.6 Å². The number of anilines is 2. The number of hydrogen-bond acceptors (Lipinski definition) is 6. The van der Waals surface area contributed by atoms with Crippen LogP contribution in [0.25, 0.3) is 5.65 Å². The molecule has 1 aliphatic rings. The highest BCUT2D eigenvalue weighted by Gasteiger charge is 2.22. The number of aromatic nitrogens is 5. The zero-order chi connectivity index (χ0) is 14.1. The maximum atomic E-state index is 4.59. The van der Waals surface area contributed by atoms with E-state index in [9.17, 15) is 0 Å². The Labute approximate surface area is 121 Å². The number of imidazole rings is 1. The number of rotatable bonds is 5.